The lowest BCUT2D eigenvalue weighted by Gasteiger charge is -2.19. The van der Waals surface area contributed by atoms with Gasteiger partial charge < -0.3 is 19.3 Å². The molecule has 0 saturated carbocycles. The van der Waals surface area contributed by atoms with Gasteiger partial charge in [0.05, 0.1) is 12.1 Å². The van der Waals surface area contributed by atoms with Crippen molar-refractivity contribution in [3.63, 3.8) is 0 Å². The van der Waals surface area contributed by atoms with E-state index in [9.17, 15) is 15.2 Å². The van der Waals surface area contributed by atoms with E-state index in [1.54, 1.807) is 30.3 Å². The summed E-state index contributed by atoms with van der Waals surface area (Å²) >= 11 is 0. The highest BCUT2D eigenvalue weighted by atomic mass is 16.5. The van der Waals surface area contributed by atoms with Crippen LogP contribution in [0.25, 0.3) is 11.1 Å². The van der Waals surface area contributed by atoms with Crippen molar-refractivity contribution in [1.82, 2.24) is 9.88 Å². The third kappa shape index (κ3) is 8.13. The number of carbonyl (C=O) groups is 1. The zero-order valence-electron chi connectivity index (χ0n) is 24.5. The Morgan fingerprint density at radius 3 is 2.44 bits per heavy atom. The topological polar surface area (TPSA) is 105 Å². The molecule has 3 aromatic carbocycles. The highest BCUT2D eigenvalue weighted by molar-refractivity contribution is 5.73. The summed E-state index contributed by atoms with van der Waals surface area (Å²) in [6.07, 6.45) is 8.51. The van der Waals surface area contributed by atoms with Crippen LogP contribution in [-0.4, -0.2) is 41.2 Å². The summed E-state index contributed by atoms with van der Waals surface area (Å²) in [5, 5.41) is 18.4. The number of aliphatic carboxylic acids is 1. The molecule has 0 radical (unpaired) electrons. The first kappa shape index (κ1) is 30.6. The number of hydrogen-bond acceptors (Lipinski definition) is 7. The third-order valence-electron chi connectivity index (χ3n) is 6.93. The van der Waals surface area contributed by atoms with E-state index in [0.29, 0.717) is 30.2 Å². The second-order valence-electron chi connectivity index (χ2n) is 10.1. The molecule has 1 aromatic heterocycles. The summed E-state index contributed by atoms with van der Waals surface area (Å²) in [7, 11) is 1.73. The van der Waals surface area contributed by atoms with Crippen molar-refractivity contribution < 1.29 is 24.1 Å². The molecule has 218 valence electrons. The van der Waals surface area contributed by atoms with E-state index >= 15 is 0 Å². The summed E-state index contributed by atoms with van der Waals surface area (Å²) in [5.41, 5.74) is 7.27. The molecule has 0 atom stereocenters. The summed E-state index contributed by atoms with van der Waals surface area (Å²) < 4.78 is 18.1. The van der Waals surface area contributed by atoms with Crippen molar-refractivity contribution in [2.45, 2.75) is 33.6 Å². The molecule has 0 spiro atoms. The van der Waals surface area contributed by atoms with Gasteiger partial charge in [0, 0.05) is 36.1 Å². The van der Waals surface area contributed by atoms with Crippen LogP contribution in [0, 0.1) is 37.5 Å². The van der Waals surface area contributed by atoms with E-state index in [4.69, 9.17) is 20.6 Å². The van der Waals surface area contributed by atoms with Gasteiger partial charge >= 0.3 is 5.97 Å². The van der Waals surface area contributed by atoms with Gasteiger partial charge in [-0.25, -0.2) is 0 Å². The molecule has 0 fully saturated rings. The van der Waals surface area contributed by atoms with Gasteiger partial charge in [-0.15, -0.1) is 6.42 Å². The van der Waals surface area contributed by atoms with Gasteiger partial charge in [0.15, 0.2) is 0 Å². The Morgan fingerprint density at radius 1 is 0.930 bits per heavy atom. The van der Waals surface area contributed by atoms with Crippen molar-refractivity contribution in [1.29, 1.82) is 5.26 Å². The molecule has 4 aromatic rings. The minimum Gasteiger partial charge on any atom is -0.489 e. The number of nitrogens with zero attached hydrogens (tertiary/aromatic N) is 3. The van der Waals surface area contributed by atoms with Gasteiger partial charge in [0.2, 0.25) is 0 Å². The van der Waals surface area contributed by atoms with Gasteiger partial charge in [0.25, 0.3) is 0 Å². The molecular weight excluding hydrogens is 542 g/mol. The highest BCUT2D eigenvalue weighted by Crippen LogP contribution is 2.34. The number of terminal acetylenes is 1. The number of carboxylic acids is 1. The van der Waals surface area contributed by atoms with E-state index in [2.05, 4.69) is 36.0 Å². The fourth-order valence-corrected chi connectivity index (χ4v) is 4.73. The van der Waals surface area contributed by atoms with Crippen molar-refractivity contribution in [2.75, 3.05) is 20.2 Å². The lowest BCUT2D eigenvalue weighted by Crippen LogP contribution is -2.25. The number of carboxylic acid groups (broad SMARTS) is 1. The largest absolute Gasteiger partial charge is 0.489 e. The zero-order chi connectivity index (χ0) is 30.8. The standard InChI is InChI=1S/C35H33N3O5/c1-5-14-41-33-11-7-10-32(25(33)3)31-9-6-8-29(24(31)2)23-42-30-13-12-28(20-38(4)21-35(39)40)34(16-30)43-22-27-15-26(17-36)18-37-19-27/h1,6-13,15-16,18-19H,14,20-23H2,2-4H3,(H,39,40). The highest BCUT2D eigenvalue weighted by Gasteiger charge is 2.14. The van der Waals surface area contributed by atoms with Crippen LogP contribution in [0.3, 0.4) is 0 Å². The predicted molar refractivity (Wildman–Crippen MR) is 164 cm³/mol. The normalized spacial score (nSPS) is 10.6. The zero-order valence-corrected chi connectivity index (χ0v) is 24.5. The molecule has 0 aliphatic rings. The summed E-state index contributed by atoms with van der Waals surface area (Å²) in [5.74, 6) is 3.52. The molecule has 0 aliphatic heterocycles. The lowest BCUT2D eigenvalue weighted by molar-refractivity contribution is -0.138. The molecule has 0 amide bonds. The van der Waals surface area contributed by atoms with Gasteiger partial charge in [-0.05, 0) is 66.9 Å². The van der Waals surface area contributed by atoms with E-state index in [1.807, 2.05) is 43.3 Å². The number of nitriles is 1. The summed E-state index contributed by atoms with van der Waals surface area (Å²) in [6, 6.07) is 21.4. The van der Waals surface area contributed by atoms with E-state index in [-0.39, 0.29) is 19.8 Å². The molecule has 0 aliphatic carbocycles. The van der Waals surface area contributed by atoms with Crippen LogP contribution in [0.15, 0.2) is 73.1 Å². The molecule has 0 saturated heterocycles. The first-order valence-corrected chi connectivity index (χ1v) is 13.7. The molecule has 43 heavy (non-hydrogen) atoms. The predicted octanol–water partition coefficient (Wildman–Crippen LogP) is 5.92. The van der Waals surface area contributed by atoms with E-state index in [0.717, 1.165) is 44.7 Å². The SMILES string of the molecule is C#CCOc1cccc(-c2cccc(COc3ccc(CN(C)CC(=O)O)c(OCc4cncc(C#N)c4)c3)c2C)c1C. The maximum absolute atomic E-state index is 11.2. The summed E-state index contributed by atoms with van der Waals surface area (Å²) in [6.45, 7) is 5.07. The number of pyridine rings is 1. The minimum absolute atomic E-state index is 0.111. The van der Waals surface area contributed by atoms with Crippen LogP contribution in [0.2, 0.25) is 0 Å². The lowest BCUT2D eigenvalue weighted by atomic mass is 9.93. The number of likely N-dealkylation sites (N-methyl/N-ethyl adjacent to an activating group) is 1. The van der Waals surface area contributed by atoms with Gasteiger partial charge in [-0.3, -0.25) is 14.7 Å². The molecule has 8 nitrogen and oxygen atoms in total. The molecule has 0 unspecified atom stereocenters. The Labute approximate surface area is 252 Å². The van der Waals surface area contributed by atoms with Crippen LogP contribution in [0.4, 0.5) is 0 Å². The monoisotopic (exact) mass is 575 g/mol. The molecular formula is C35H33N3O5. The Morgan fingerprint density at radius 2 is 1.70 bits per heavy atom. The number of ether oxygens (including phenoxy) is 3. The molecule has 1 N–H and O–H groups in total. The Kier molecular flexibility index (Phi) is 10.4. The maximum atomic E-state index is 11.2. The molecule has 1 heterocycles. The minimum atomic E-state index is -0.913. The molecule has 0 bridgehead atoms. The van der Waals surface area contributed by atoms with Crippen molar-refractivity contribution >= 4 is 5.97 Å². The average molecular weight is 576 g/mol. The maximum Gasteiger partial charge on any atom is 0.317 e. The Hall–Kier alpha value is -5.31. The van der Waals surface area contributed by atoms with Crippen LogP contribution < -0.4 is 14.2 Å². The number of benzene rings is 3. The quantitative estimate of drug-likeness (QED) is 0.196. The van der Waals surface area contributed by atoms with Crippen LogP contribution in [-0.2, 0) is 24.6 Å². The van der Waals surface area contributed by atoms with Gasteiger partial charge in [0.1, 0.15) is 43.1 Å². The van der Waals surface area contributed by atoms with E-state index < -0.39 is 5.97 Å². The van der Waals surface area contributed by atoms with Crippen LogP contribution in [0.5, 0.6) is 17.2 Å². The second-order valence-corrected chi connectivity index (χ2v) is 10.1. The molecule has 4 rings (SSSR count). The first-order valence-electron chi connectivity index (χ1n) is 13.7. The Balaban J connectivity index is 1.55. The second kappa shape index (κ2) is 14.5. The molecule has 8 heteroatoms. The smallest absolute Gasteiger partial charge is 0.317 e. The van der Waals surface area contributed by atoms with Gasteiger partial charge in [-0.1, -0.05) is 42.3 Å². The first-order chi connectivity index (χ1) is 20.8. The number of rotatable bonds is 13. The number of aromatic nitrogens is 1. The third-order valence-corrected chi connectivity index (χ3v) is 6.93. The average Bonchev–Trinajstić information content (AvgIpc) is 2.99. The van der Waals surface area contributed by atoms with E-state index in [1.165, 1.54) is 6.20 Å². The number of hydrogen-bond donors (Lipinski definition) is 1. The van der Waals surface area contributed by atoms with Crippen molar-refractivity contribution in [3.05, 3.63) is 106 Å². The van der Waals surface area contributed by atoms with Gasteiger partial charge in [-0.2, -0.15) is 5.26 Å². The van der Waals surface area contributed by atoms with Crippen LogP contribution in [0.1, 0.15) is 33.4 Å². The Bertz CT molecular complexity index is 1690. The fourth-order valence-electron chi connectivity index (χ4n) is 4.73. The van der Waals surface area contributed by atoms with Crippen molar-refractivity contribution in [3.8, 4) is 46.8 Å². The fraction of sp³-hybridized carbons (Fsp3) is 0.229. The van der Waals surface area contributed by atoms with Crippen LogP contribution >= 0.6 is 0 Å². The van der Waals surface area contributed by atoms with Crippen molar-refractivity contribution in [2.24, 2.45) is 0 Å². The summed E-state index contributed by atoms with van der Waals surface area (Å²) in [4.78, 5) is 17.0.